The highest BCUT2D eigenvalue weighted by Crippen LogP contribution is 2.10. The van der Waals surface area contributed by atoms with Gasteiger partial charge in [0.05, 0.1) is 6.17 Å². The quantitative estimate of drug-likeness (QED) is 0.269. The molecule has 0 radical (unpaired) electrons. The Hall–Kier alpha value is -0.340. The van der Waals surface area contributed by atoms with Crippen LogP contribution in [0, 0.1) is 0 Å². The minimum atomic E-state index is 0.554. The lowest BCUT2D eigenvalue weighted by Gasteiger charge is -2.30. The molecule has 2 heteroatoms. The van der Waals surface area contributed by atoms with Crippen LogP contribution in [-0.4, -0.2) is 44.2 Å². The van der Waals surface area contributed by atoms with Crippen molar-refractivity contribution in [2.24, 2.45) is 0 Å². The number of allylic oxidation sites excluding steroid dienone is 2. The normalized spacial score (nSPS) is 12.4. The Kier molecular flexibility index (Phi) is 13.4. The van der Waals surface area contributed by atoms with E-state index in [4.69, 9.17) is 0 Å². The first-order valence-corrected chi connectivity index (χ1v) is 8.57. The molecule has 20 heavy (non-hydrogen) atoms. The molecular formula is C18H38N2. The molecule has 0 amide bonds. The van der Waals surface area contributed by atoms with Crippen LogP contribution >= 0.6 is 0 Å². The second-order valence-corrected chi connectivity index (χ2v) is 6.37. The molecule has 0 aliphatic heterocycles. The van der Waals surface area contributed by atoms with Crippen molar-refractivity contribution in [3.63, 3.8) is 0 Å². The van der Waals surface area contributed by atoms with E-state index in [-0.39, 0.29) is 0 Å². The van der Waals surface area contributed by atoms with Crippen LogP contribution in [0.2, 0.25) is 0 Å². The summed E-state index contributed by atoms with van der Waals surface area (Å²) in [5.41, 5.74) is 0. The predicted molar refractivity (Wildman–Crippen MR) is 92.1 cm³/mol. The van der Waals surface area contributed by atoms with Crippen molar-refractivity contribution < 1.29 is 0 Å². The maximum Gasteiger partial charge on any atom is 0.0615 e. The number of unbranched alkanes of at least 4 members (excludes halogenated alkanes) is 7. The summed E-state index contributed by atoms with van der Waals surface area (Å²) in [5, 5.41) is 0. The van der Waals surface area contributed by atoms with Crippen LogP contribution in [0.25, 0.3) is 0 Å². The summed E-state index contributed by atoms with van der Waals surface area (Å²) < 4.78 is 0. The van der Waals surface area contributed by atoms with Gasteiger partial charge in [0, 0.05) is 0 Å². The van der Waals surface area contributed by atoms with Gasteiger partial charge in [-0.25, -0.2) is 0 Å². The Morgan fingerprint density at radius 2 is 1.20 bits per heavy atom. The van der Waals surface area contributed by atoms with Gasteiger partial charge in [-0.3, -0.25) is 9.80 Å². The molecule has 0 saturated carbocycles. The zero-order chi connectivity index (χ0) is 15.2. The van der Waals surface area contributed by atoms with E-state index in [0.29, 0.717) is 6.17 Å². The summed E-state index contributed by atoms with van der Waals surface area (Å²) in [7, 11) is 8.64. The Morgan fingerprint density at radius 3 is 1.75 bits per heavy atom. The van der Waals surface area contributed by atoms with Crippen LogP contribution in [0.1, 0.15) is 71.1 Å². The third kappa shape index (κ3) is 11.5. The highest BCUT2D eigenvalue weighted by Gasteiger charge is 2.11. The van der Waals surface area contributed by atoms with Crippen molar-refractivity contribution in [1.82, 2.24) is 9.80 Å². The van der Waals surface area contributed by atoms with E-state index >= 15 is 0 Å². The van der Waals surface area contributed by atoms with Crippen molar-refractivity contribution in [3.05, 3.63) is 12.2 Å². The van der Waals surface area contributed by atoms with Gasteiger partial charge in [0.15, 0.2) is 0 Å². The van der Waals surface area contributed by atoms with Crippen molar-refractivity contribution in [2.75, 3.05) is 28.2 Å². The van der Waals surface area contributed by atoms with Gasteiger partial charge in [-0.2, -0.15) is 0 Å². The fourth-order valence-corrected chi connectivity index (χ4v) is 2.68. The first kappa shape index (κ1) is 19.7. The van der Waals surface area contributed by atoms with Gasteiger partial charge < -0.3 is 0 Å². The summed E-state index contributed by atoms with van der Waals surface area (Å²) >= 11 is 0. The number of hydrogen-bond donors (Lipinski definition) is 0. The second kappa shape index (κ2) is 13.6. The molecule has 0 aromatic heterocycles. The Balaban J connectivity index is 3.43. The zero-order valence-corrected chi connectivity index (χ0v) is 14.7. The fourth-order valence-electron chi connectivity index (χ4n) is 2.68. The molecule has 0 atom stereocenters. The summed E-state index contributed by atoms with van der Waals surface area (Å²) in [5.74, 6) is 0. The largest absolute Gasteiger partial charge is 0.294 e. The van der Waals surface area contributed by atoms with Gasteiger partial charge in [0.25, 0.3) is 0 Å². The Morgan fingerprint density at radius 1 is 0.700 bits per heavy atom. The average Bonchev–Trinajstić information content (AvgIpc) is 2.39. The molecule has 0 fully saturated rings. The molecule has 120 valence electrons. The third-order valence-corrected chi connectivity index (χ3v) is 3.92. The van der Waals surface area contributed by atoms with Gasteiger partial charge in [-0.1, -0.05) is 57.6 Å². The number of rotatable bonds is 13. The number of nitrogens with zero attached hydrogens (tertiary/aromatic N) is 2. The average molecular weight is 283 g/mol. The van der Waals surface area contributed by atoms with E-state index in [2.05, 4.69) is 57.1 Å². The van der Waals surface area contributed by atoms with E-state index in [9.17, 15) is 0 Å². The van der Waals surface area contributed by atoms with Crippen LogP contribution in [-0.2, 0) is 0 Å². The molecule has 0 saturated heterocycles. The lowest BCUT2D eigenvalue weighted by Crippen LogP contribution is -2.40. The molecule has 0 spiro atoms. The van der Waals surface area contributed by atoms with E-state index in [0.717, 1.165) is 0 Å². The van der Waals surface area contributed by atoms with Crippen molar-refractivity contribution in [2.45, 2.75) is 77.3 Å². The maximum absolute atomic E-state index is 2.38. The summed E-state index contributed by atoms with van der Waals surface area (Å²) in [6.45, 7) is 2.28. The first-order chi connectivity index (χ1) is 9.59. The monoisotopic (exact) mass is 282 g/mol. The van der Waals surface area contributed by atoms with Crippen LogP contribution in [0.5, 0.6) is 0 Å². The zero-order valence-electron chi connectivity index (χ0n) is 14.7. The van der Waals surface area contributed by atoms with Gasteiger partial charge in [-0.15, -0.1) is 0 Å². The van der Waals surface area contributed by atoms with E-state index in [1.165, 1.54) is 64.2 Å². The minimum absolute atomic E-state index is 0.554. The van der Waals surface area contributed by atoms with Gasteiger partial charge >= 0.3 is 0 Å². The molecule has 0 aromatic carbocycles. The summed E-state index contributed by atoms with van der Waals surface area (Å²) in [6, 6.07) is 0. The molecule has 0 heterocycles. The van der Waals surface area contributed by atoms with Crippen molar-refractivity contribution in [3.8, 4) is 0 Å². The molecule has 0 bridgehead atoms. The molecule has 0 aliphatic rings. The number of hydrogen-bond acceptors (Lipinski definition) is 2. The molecule has 0 aromatic rings. The lowest BCUT2D eigenvalue weighted by atomic mass is 10.1. The topological polar surface area (TPSA) is 6.48 Å². The SMILES string of the molecule is CCCCCCCCCC=CCCC(N(C)C)N(C)C. The molecule has 0 aliphatic carbocycles. The summed E-state index contributed by atoms with van der Waals surface area (Å²) in [6.07, 6.45) is 18.8. The first-order valence-electron chi connectivity index (χ1n) is 8.57. The van der Waals surface area contributed by atoms with E-state index in [1.54, 1.807) is 0 Å². The molecule has 2 nitrogen and oxygen atoms in total. The van der Waals surface area contributed by atoms with E-state index < -0.39 is 0 Å². The lowest BCUT2D eigenvalue weighted by molar-refractivity contribution is 0.121. The molecular weight excluding hydrogens is 244 g/mol. The summed E-state index contributed by atoms with van der Waals surface area (Å²) in [4.78, 5) is 4.59. The smallest absolute Gasteiger partial charge is 0.0615 e. The van der Waals surface area contributed by atoms with Crippen LogP contribution in [0.3, 0.4) is 0 Å². The maximum atomic E-state index is 2.38. The standard InChI is InChI=1S/C18H38N2/c1-6-7-8-9-10-11-12-13-14-15-16-17-18(19(2)3)20(4)5/h14-15,18H,6-13,16-17H2,1-5H3. The second-order valence-electron chi connectivity index (χ2n) is 6.37. The van der Waals surface area contributed by atoms with Crippen LogP contribution < -0.4 is 0 Å². The minimum Gasteiger partial charge on any atom is -0.294 e. The Bertz CT molecular complexity index is 213. The van der Waals surface area contributed by atoms with Crippen molar-refractivity contribution in [1.29, 1.82) is 0 Å². The molecule has 0 N–H and O–H groups in total. The van der Waals surface area contributed by atoms with Crippen molar-refractivity contribution >= 4 is 0 Å². The van der Waals surface area contributed by atoms with Gasteiger partial charge in [0.2, 0.25) is 0 Å². The van der Waals surface area contributed by atoms with E-state index in [1.807, 2.05) is 0 Å². The molecule has 0 unspecified atom stereocenters. The highest BCUT2D eigenvalue weighted by molar-refractivity contribution is 4.83. The van der Waals surface area contributed by atoms with Gasteiger partial charge in [-0.05, 0) is 53.9 Å². The fraction of sp³-hybridized carbons (Fsp3) is 0.889. The predicted octanol–water partition coefficient (Wildman–Crippen LogP) is 4.91. The third-order valence-electron chi connectivity index (χ3n) is 3.92. The molecule has 0 rings (SSSR count). The van der Waals surface area contributed by atoms with Gasteiger partial charge in [0.1, 0.15) is 0 Å². The highest BCUT2D eigenvalue weighted by atomic mass is 15.3. The van der Waals surface area contributed by atoms with Crippen LogP contribution in [0.4, 0.5) is 0 Å². The Labute approximate surface area is 128 Å². The van der Waals surface area contributed by atoms with Crippen LogP contribution in [0.15, 0.2) is 12.2 Å².